The van der Waals surface area contributed by atoms with Gasteiger partial charge in [0.2, 0.25) is 5.91 Å². The summed E-state index contributed by atoms with van der Waals surface area (Å²) in [7, 11) is 0. The van der Waals surface area contributed by atoms with Gasteiger partial charge in [0.25, 0.3) is 11.1 Å². The molecule has 2 heterocycles. The van der Waals surface area contributed by atoms with Gasteiger partial charge < -0.3 is 14.4 Å². The third kappa shape index (κ3) is 5.68. The molecule has 2 fully saturated rings. The molecule has 0 N–H and O–H groups in total. The standard InChI is InChI=1S/C29H27IN2O5S/c1-2-36-24-15-19(16-25-28(34)32(29(35)38-25)17-26(33)31-12-5-6-13-31)14-23(30)27(24)37-18-21-10-7-9-20-8-3-4-11-22(20)21/h3-4,7-11,14-16H,2,5-6,12-13,17-18H2,1H3/b25-16-. The summed E-state index contributed by atoms with van der Waals surface area (Å²) in [5.41, 5.74) is 1.79. The molecule has 0 unspecified atom stereocenters. The Hall–Kier alpha value is -3.05. The Kier molecular flexibility index (Phi) is 8.23. The predicted octanol–water partition coefficient (Wildman–Crippen LogP) is 6.08. The van der Waals surface area contributed by atoms with Crippen LogP contribution in [0.25, 0.3) is 16.8 Å². The van der Waals surface area contributed by atoms with Gasteiger partial charge in [-0.2, -0.15) is 0 Å². The van der Waals surface area contributed by atoms with Gasteiger partial charge in [-0.1, -0.05) is 42.5 Å². The van der Waals surface area contributed by atoms with Crippen molar-refractivity contribution in [2.24, 2.45) is 0 Å². The quantitative estimate of drug-likeness (QED) is 0.219. The Morgan fingerprint density at radius 3 is 2.61 bits per heavy atom. The zero-order chi connectivity index (χ0) is 26.6. The van der Waals surface area contributed by atoms with Crippen molar-refractivity contribution in [3.8, 4) is 11.5 Å². The minimum absolute atomic E-state index is 0.188. The zero-order valence-electron chi connectivity index (χ0n) is 20.9. The largest absolute Gasteiger partial charge is 0.490 e. The highest BCUT2D eigenvalue weighted by Gasteiger charge is 2.37. The summed E-state index contributed by atoms with van der Waals surface area (Å²) in [5.74, 6) is 0.555. The molecule has 0 bridgehead atoms. The smallest absolute Gasteiger partial charge is 0.294 e. The van der Waals surface area contributed by atoms with E-state index in [0.717, 1.165) is 49.4 Å². The Morgan fingerprint density at radius 2 is 1.82 bits per heavy atom. The Bertz CT molecular complexity index is 1430. The van der Waals surface area contributed by atoms with Gasteiger partial charge in [0.05, 0.1) is 15.1 Å². The van der Waals surface area contributed by atoms with E-state index in [1.165, 1.54) is 0 Å². The highest BCUT2D eigenvalue weighted by molar-refractivity contribution is 14.1. The normalized spacial score (nSPS) is 16.6. The first-order chi connectivity index (χ1) is 18.4. The lowest BCUT2D eigenvalue weighted by Crippen LogP contribution is -2.40. The Morgan fingerprint density at radius 1 is 1.05 bits per heavy atom. The number of hydrogen-bond acceptors (Lipinski definition) is 6. The Labute approximate surface area is 239 Å². The molecule has 2 saturated heterocycles. The number of benzene rings is 3. The maximum absolute atomic E-state index is 13.0. The number of rotatable bonds is 8. The van der Waals surface area contributed by atoms with Crippen LogP contribution in [-0.2, 0) is 16.2 Å². The van der Waals surface area contributed by atoms with Crippen LogP contribution in [0.2, 0.25) is 0 Å². The Balaban J connectivity index is 1.35. The fourth-order valence-electron chi connectivity index (χ4n) is 4.63. The molecule has 0 spiro atoms. The van der Waals surface area contributed by atoms with Crippen molar-refractivity contribution in [1.82, 2.24) is 9.80 Å². The minimum Gasteiger partial charge on any atom is -0.490 e. The van der Waals surface area contributed by atoms with E-state index in [-0.39, 0.29) is 17.4 Å². The van der Waals surface area contributed by atoms with Crippen LogP contribution in [0.5, 0.6) is 11.5 Å². The number of nitrogens with zero attached hydrogens (tertiary/aromatic N) is 2. The SMILES string of the molecule is CCOc1cc(/C=C2\SC(=O)N(CC(=O)N3CCCC3)C2=O)cc(I)c1OCc1cccc2ccccc12. The summed E-state index contributed by atoms with van der Waals surface area (Å²) >= 11 is 3.05. The van der Waals surface area contributed by atoms with Crippen molar-refractivity contribution in [2.75, 3.05) is 26.2 Å². The molecule has 0 saturated carbocycles. The highest BCUT2D eigenvalue weighted by Crippen LogP contribution is 2.38. The second-order valence-corrected chi connectivity index (χ2v) is 11.2. The third-order valence-electron chi connectivity index (χ3n) is 6.51. The van der Waals surface area contributed by atoms with Gasteiger partial charge in [-0.15, -0.1) is 0 Å². The predicted molar refractivity (Wildman–Crippen MR) is 157 cm³/mol. The zero-order valence-corrected chi connectivity index (χ0v) is 23.9. The first-order valence-corrected chi connectivity index (χ1v) is 14.4. The van der Waals surface area contributed by atoms with Crippen LogP contribution in [0.1, 0.15) is 30.9 Å². The second-order valence-electron chi connectivity index (χ2n) is 9.05. The van der Waals surface area contributed by atoms with Crippen LogP contribution in [-0.4, -0.2) is 53.1 Å². The van der Waals surface area contributed by atoms with Crippen molar-refractivity contribution >= 4 is 68.3 Å². The molecular weight excluding hydrogens is 615 g/mol. The number of likely N-dealkylation sites (tertiary alicyclic amines) is 1. The van der Waals surface area contributed by atoms with Crippen LogP contribution in [0.3, 0.4) is 0 Å². The minimum atomic E-state index is -0.447. The van der Waals surface area contributed by atoms with E-state index in [0.29, 0.717) is 43.4 Å². The van der Waals surface area contributed by atoms with Crippen LogP contribution in [0.15, 0.2) is 59.5 Å². The number of carbonyl (C=O) groups excluding carboxylic acids is 3. The number of thioether (sulfide) groups is 1. The van der Waals surface area contributed by atoms with Crippen LogP contribution in [0, 0.1) is 3.57 Å². The van der Waals surface area contributed by atoms with Crippen molar-refractivity contribution in [2.45, 2.75) is 26.4 Å². The lowest BCUT2D eigenvalue weighted by molar-refractivity contribution is -0.135. The molecule has 2 aliphatic heterocycles. The van der Waals surface area contributed by atoms with Crippen LogP contribution in [0.4, 0.5) is 4.79 Å². The fourth-order valence-corrected chi connectivity index (χ4v) is 6.25. The lowest BCUT2D eigenvalue weighted by atomic mass is 10.1. The highest BCUT2D eigenvalue weighted by atomic mass is 127. The molecule has 7 nitrogen and oxygen atoms in total. The molecule has 0 aromatic heterocycles. The first kappa shape index (κ1) is 26.6. The number of carbonyl (C=O) groups is 3. The molecule has 0 atom stereocenters. The van der Waals surface area contributed by atoms with E-state index in [2.05, 4.69) is 46.9 Å². The van der Waals surface area contributed by atoms with Crippen molar-refractivity contribution in [3.05, 3.63) is 74.2 Å². The van der Waals surface area contributed by atoms with Crippen molar-refractivity contribution in [3.63, 3.8) is 0 Å². The summed E-state index contributed by atoms with van der Waals surface area (Å²) in [4.78, 5) is 41.1. The first-order valence-electron chi connectivity index (χ1n) is 12.5. The van der Waals surface area contributed by atoms with Crippen molar-refractivity contribution in [1.29, 1.82) is 0 Å². The van der Waals surface area contributed by atoms with Gasteiger partial charge in [-0.3, -0.25) is 19.3 Å². The second kappa shape index (κ2) is 11.8. The fraction of sp³-hybridized carbons (Fsp3) is 0.276. The number of imide groups is 1. The maximum atomic E-state index is 13.0. The van der Waals surface area contributed by atoms with Crippen LogP contribution < -0.4 is 9.47 Å². The van der Waals surface area contributed by atoms with E-state index in [4.69, 9.17) is 9.47 Å². The molecule has 196 valence electrons. The van der Waals surface area contributed by atoms with E-state index in [1.54, 1.807) is 11.0 Å². The number of ether oxygens (including phenoxy) is 2. The van der Waals surface area contributed by atoms with Gasteiger partial charge in [0, 0.05) is 13.1 Å². The maximum Gasteiger partial charge on any atom is 0.294 e. The number of amides is 3. The van der Waals surface area contributed by atoms with E-state index >= 15 is 0 Å². The van der Waals surface area contributed by atoms with Gasteiger partial charge >= 0.3 is 0 Å². The summed E-state index contributed by atoms with van der Waals surface area (Å²) < 4.78 is 13.0. The molecule has 3 aromatic rings. The van der Waals surface area contributed by atoms with Crippen molar-refractivity contribution < 1.29 is 23.9 Å². The van der Waals surface area contributed by atoms with E-state index in [1.807, 2.05) is 37.3 Å². The molecule has 38 heavy (non-hydrogen) atoms. The molecule has 3 amide bonds. The average Bonchev–Trinajstić information content (AvgIpc) is 3.54. The van der Waals surface area contributed by atoms with Gasteiger partial charge in [0.1, 0.15) is 13.2 Å². The third-order valence-corrected chi connectivity index (χ3v) is 8.22. The van der Waals surface area contributed by atoms with Gasteiger partial charge in [-0.05, 0) is 94.2 Å². The molecular formula is C29H27IN2O5S. The monoisotopic (exact) mass is 642 g/mol. The van der Waals surface area contributed by atoms with Gasteiger partial charge in [-0.25, -0.2) is 0 Å². The lowest BCUT2D eigenvalue weighted by Gasteiger charge is -2.18. The molecule has 2 aliphatic rings. The summed E-state index contributed by atoms with van der Waals surface area (Å²) in [6, 6.07) is 18.0. The molecule has 3 aromatic carbocycles. The van der Waals surface area contributed by atoms with Gasteiger partial charge in [0.15, 0.2) is 11.5 Å². The number of fused-ring (bicyclic) bond motifs is 1. The summed E-state index contributed by atoms with van der Waals surface area (Å²) in [6.07, 6.45) is 3.58. The molecule has 0 aliphatic carbocycles. The molecule has 0 radical (unpaired) electrons. The topological polar surface area (TPSA) is 76.2 Å². The summed E-state index contributed by atoms with van der Waals surface area (Å²) in [6.45, 7) is 3.86. The summed E-state index contributed by atoms with van der Waals surface area (Å²) in [5, 5.41) is 1.86. The van der Waals surface area contributed by atoms with E-state index in [9.17, 15) is 14.4 Å². The van der Waals surface area contributed by atoms with E-state index < -0.39 is 11.1 Å². The van der Waals surface area contributed by atoms with Crippen LogP contribution >= 0.6 is 34.4 Å². The average molecular weight is 643 g/mol. The molecule has 5 rings (SSSR count). The number of halogens is 1. The number of hydrogen-bond donors (Lipinski definition) is 0. The molecule has 9 heteroatoms.